The maximum atomic E-state index is 11.5. The Labute approximate surface area is 140 Å². The van der Waals surface area contributed by atoms with E-state index in [0.29, 0.717) is 17.7 Å². The molecule has 0 spiro atoms. The molecule has 1 atom stereocenters. The van der Waals surface area contributed by atoms with Crippen molar-refractivity contribution in [3.05, 3.63) is 27.8 Å². The molecule has 2 heterocycles. The number of anilines is 1. The number of primary sulfonamides is 1. The second-order valence-corrected chi connectivity index (χ2v) is 7.63. The number of ether oxygens (including phenoxy) is 1. The monoisotopic (exact) mass is 356 g/mol. The second-order valence-electron chi connectivity index (χ2n) is 6.07. The standard InChI is InChI=1S/C14H20N4O5S/c15-24(21,22)12-8-10-7-11(1-2-17-3-5-23-6-4-17)16-14(10)13(9-12)18(19)20/h8-9,11,16H,1-7H2,(H2,15,21,22)/t11-/m1/s1. The van der Waals surface area contributed by atoms with Crippen LogP contribution in [0.1, 0.15) is 12.0 Å². The SMILES string of the molecule is NS(=O)(=O)c1cc2c(c([N+](=O)[O-])c1)N[C@H](CCN1CCOCC1)C2. The van der Waals surface area contributed by atoms with E-state index in [1.807, 2.05) is 0 Å². The second kappa shape index (κ2) is 6.63. The molecule has 0 amide bonds. The first-order valence-electron chi connectivity index (χ1n) is 7.75. The lowest BCUT2D eigenvalue weighted by molar-refractivity contribution is -0.384. The van der Waals surface area contributed by atoms with Gasteiger partial charge in [-0.1, -0.05) is 0 Å². The predicted octanol–water partition coefficient (Wildman–Crippen LogP) is 0.301. The first-order valence-corrected chi connectivity index (χ1v) is 9.30. The van der Waals surface area contributed by atoms with Crippen molar-refractivity contribution in [1.29, 1.82) is 0 Å². The zero-order chi connectivity index (χ0) is 17.3. The van der Waals surface area contributed by atoms with Crippen LogP contribution in [0.4, 0.5) is 11.4 Å². The summed E-state index contributed by atoms with van der Waals surface area (Å²) in [5.41, 5.74) is 0.782. The van der Waals surface area contributed by atoms with Crippen molar-refractivity contribution in [1.82, 2.24) is 4.90 Å². The molecule has 1 saturated heterocycles. The lowest BCUT2D eigenvalue weighted by atomic mass is 10.1. The summed E-state index contributed by atoms with van der Waals surface area (Å²) in [6.07, 6.45) is 1.36. The van der Waals surface area contributed by atoms with Gasteiger partial charge in [0.05, 0.1) is 23.0 Å². The summed E-state index contributed by atoms with van der Waals surface area (Å²) in [7, 11) is -3.98. The molecule has 0 unspecified atom stereocenters. The molecule has 0 radical (unpaired) electrons. The number of nitrogens with zero attached hydrogens (tertiary/aromatic N) is 2. The fourth-order valence-electron chi connectivity index (χ4n) is 3.15. The molecule has 0 saturated carbocycles. The molecule has 3 N–H and O–H groups in total. The highest BCUT2D eigenvalue weighted by Gasteiger charge is 2.30. The number of benzene rings is 1. The van der Waals surface area contributed by atoms with Crippen LogP contribution in [0.3, 0.4) is 0 Å². The molecule has 10 heteroatoms. The average Bonchev–Trinajstić information content (AvgIpc) is 2.94. The molecular formula is C14H20N4O5S. The minimum atomic E-state index is -3.98. The molecule has 0 bridgehead atoms. The van der Waals surface area contributed by atoms with E-state index in [1.54, 1.807) is 0 Å². The van der Waals surface area contributed by atoms with Gasteiger partial charge >= 0.3 is 0 Å². The minimum absolute atomic E-state index is 0.0391. The highest BCUT2D eigenvalue weighted by atomic mass is 32.2. The van der Waals surface area contributed by atoms with Gasteiger partial charge in [-0.25, -0.2) is 13.6 Å². The summed E-state index contributed by atoms with van der Waals surface area (Å²) in [6.45, 7) is 4.08. The Morgan fingerprint density at radius 3 is 2.71 bits per heavy atom. The maximum Gasteiger partial charge on any atom is 0.293 e. The smallest absolute Gasteiger partial charge is 0.293 e. The number of fused-ring (bicyclic) bond motifs is 1. The van der Waals surface area contributed by atoms with Crippen LogP contribution in [-0.4, -0.2) is 57.1 Å². The van der Waals surface area contributed by atoms with Gasteiger partial charge in [0.1, 0.15) is 5.69 Å². The molecule has 24 heavy (non-hydrogen) atoms. The number of sulfonamides is 1. The van der Waals surface area contributed by atoms with E-state index in [2.05, 4.69) is 10.2 Å². The maximum absolute atomic E-state index is 11.5. The number of nitrogens with one attached hydrogen (secondary N) is 1. The van der Waals surface area contributed by atoms with E-state index in [-0.39, 0.29) is 16.6 Å². The van der Waals surface area contributed by atoms with Crippen LogP contribution < -0.4 is 10.5 Å². The van der Waals surface area contributed by atoms with Crippen LogP contribution in [0.15, 0.2) is 17.0 Å². The third-order valence-corrected chi connectivity index (χ3v) is 5.30. The average molecular weight is 356 g/mol. The molecule has 132 valence electrons. The van der Waals surface area contributed by atoms with E-state index in [1.165, 1.54) is 6.07 Å². The van der Waals surface area contributed by atoms with Crippen molar-refractivity contribution < 1.29 is 18.1 Å². The summed E-state index contributed by atoms with van der Waals surface area (Å²) < 4.78 is 28.4. The molecule has 2 aliphatic rings. The van der Waals surface area contributed by atoms with E-state index >= 15 is 0 Å². The van der Waals surface area contributed by atoms with Crippen molar-refractivity contribution >= 4 is 21.4 Å². The molecular weight excluding hydrogens is 336 g/mol. The van der Waals surface area contributed by atoms with Gasteiger partial charge in [0, 0.05) is 31.7 Å². The Kier molecular flexibility index (Phi) is 4.72. The van der Waals surface area contributed by atoms with Crippen molar-refractivity contribution in [2.24, 2.45) is 5.14 Å². The highest BCUT2D eigenvalue weighted by molar-refractivity contribution is 7.89. The third-order valence-electron chi connectivity index (χ3n) is 4.41. The zero-order valence-electron chi connectivity index (χ0n) is 13.1. The Hall–Kier alpha value is -1.75. The van der Waals surface area contributed by atoms with Crippen LogP contribution in [0.25, 0.3) is 0 Å². The Morgan fingerprint density at radius 1 is 1.38 bits per heavy atom. The Balaban J connectivity index is 1.75. The van der Waals surface area contributed by atoms with Crippen LogP contribution in [-0.2, 0) is 21.2 Å². The number of rotatable bonds is 5. The van der Waals surface area contributed by atoms with Crippen LogP contribution in [0.2, 0.25) is 0 Å². The summed E-state index contributed by atoms with van der Waals surface area (Å²) in [4.78, 5) is 12.8. The van der Waals surface area contributed by atoms with Gasteiger partial charge in [-0.3, -0.25) is 15.0 Å². The highest BCUT2D eigenvalue weighted by Crippen LogP contribution is 2.37. The largest absolute Gasteiger partial charge is 0.379 e. The number of hydrogen-bond donors (Lipinski definition) is 2. The Bertz CT molecular complexity index is 746. The topological polar surface area (TPSA) is 128 Å². The fraction of sp³-hybridized carbons (Fsp3) is 0.571. The molecule has 0 aromatic heterocycles. The van der Waals surface area contributed by atoms with Crippen molar-refractivity contribution in [3.63, 3.8) is 0 Å². The van der Waals surface area contributed by atoms with E-state index in [0.717, 1.165) is 45.3 Å². The lowest BCUT2D eigenvalue weighted by Crippen LogP contribution is -2.38. The third kappa shape index (κ3) is 3.66. The minimum Gasteiger partial charge on any atom is -0.379 e. The zero-order valence-corrected chi connectivity index (χ0v) is 13.9. The van der Waals surface area contributed by atoms with Crippen molar-refractivity contribution in [2.45, 2.75) is 23.8 Å². The summed E-state index contributed by atoms with van der Waals surface area (Å²) in [6, 6.07) is 2.49. The van der Waals surface area contributed by atoms with Gasteiger partial charge in [-0.2, -0.15) is 0 Å². The fourth-order valence-corrected chi connectivity index (χ4v) is 3.73. The molecule has 9 nitrogen and oxygen atoms in total. The van der Waals surface area contributed by atoms with Crippen LogP contribution in [0.5, 0.6) is 0 Å². The van der Waals surface area contributed by atoms with Gasteiger partial charge in [0.25, 0.3) is 5.69 Å². The number of morpholine rings is 1. The number of hydrogen-bond acceptors (Lipinski definition) is 7. The molecule has 3 rings (SSSR count). The molecule has 0 aliphatic carbocycles. The lowest BCUT2D eigenvalue weighted by Gasteiger charge is -2.27. The molecule has 2 aliphatic heterocycles. The normalized spacial score (nSPS) is 21.3. The van der Waals surface area contributed by atoms with Crippen LogP contribution >= 0.6 is 0 Å². The number of nitrogens with two attached hydrogens (primary N) is 1. The first kappa shape index (κ1) is 17.1. The molecule has 1 fully saturated rings. The predicted molar refractivity (Wildman–Crippen MR) is 87.5 cm³/mol. The van der Waals surface area contributed by atoms with E-state index < -0.39 is 14.9 Å². The van der Waals surface area contributed by atoms with Crippen molar-refractivity contribution in [3.8, 4) is 0 Å². The quantitative estimate of drug-likeness (QED) is 0.573. The van der Waals surface area contributed by atoms with Gasteiger partial charge in [0.2, 0.25) is 10.0 Å². The van der Waals surface area contributed by atoms with Gasteiger partial charge in [-0.15, -0.1) is 0 Å². The van der Waals surface area contributed by atoms with Gasteiger partial charge in [0.15, 0.2) is 0 Å². The number of nitro benzene ring substituents is 1. The number of nitro groups is 1. The molecule has 1 aromatic rings. The molecule has 1 aromatic carbocycles. The van der Waals surface area contributed by atoms with E-state index in [9.17, 15) is 18.5 Å². The summed E-state index contributed by atoms with van der Waals surface area (Å²) in [5.74, 6) is 0. The summed E-state index contributed by atoms with van der Waals surface area (Å²) >= 11 is 0. The van der Waals surface area contributed by atoms with E-state index in [4.69, 9.17) is 9.88 Å². The first-order chi connectivity index (χ1) is 11.3. The summed E-state index contributed by atoms with van der Waals surface area (Å²) in [5, 5.41) is 19.5. The van der Waals surface area contributed by atoms with Gasteiger partial charge < -0.3 is 10.1 Å². The van der Waals surface area contributed by atoms with Gasteiger partial charge in [-0.05, 0) is 24.5 Å². The van der Waals surface area contributed by atoms with Crippen LogP contribution in [0, 0.1) is 10.1 Å². The Morgan fingerprint density at radius 2 is 2.08 bits per heavy atom. The van der Waals surface area contributed by atoms with Crippen molar-refractivity contribution in [2.75, 3.05) is 38.2 Å².